The van der Waals surface area contributed by atoms with Crippen molar-refractivity contribution in [3.8, 4) is 11.5 Å². The van der Waals surface area contributed by atoms with Crippen LogP contribution >= 0.6 is 0 Å². The Morgan fingerprint density at radius 1 is 1.23 bits per heavy atom. The van der Waals surface area contributed by atoms with Gasteiger partial charge in [-0.2, -0.15) is 0 Å². The molecule has 1 fully saturated rings. The Hall–Kier alpha value is -2.19. The smallest absolute Gasteiger partial charge is 0.219 e. The number of rotatable bonds is 2. The van der Waals surface area contributed by atoms with Crippen LogP contribution in [0.3, 0.4) is 0 Å². The number of carbonyl (C=O) groups is 1. The molecule has 0 radical (unpaired) electrons. The number of nitrogens with zero attached hydrogens (tertiary/aromatic N) is 1. The van der Waals surface area contributed by atoms with Crippen LogP contribution in [0.5, 0.6) is 11.5 Å². The molecule has 22 heavy (non-hydrogen) atoms. The molecule has 3 rings (SSSR count). The maximum Gasteiger partial charge on any atom is 0.219 e. The molecule has 0 aliphatic carbocycles. The van der Waals surface area contributed by atoms with Gasteiger partial charge in [-0.3, -0.25) is 4.79 Å². The van der Waals surface area contributed by atoms with Crippen LogP contribution in [-0.2, 0) is 4.79 Å². The monoisotopic (exact) mass is 299 g/mol. The van der Waals surface area contributed by atoms with Gasteiger partial charge in [0.2, 0.25) is 5.91 Å². The molecule has 0 unspecified atom stereocenters. The van der Waals surface area contributed by atoms with Gasteiger partial charge in [0, 0.05) is 25.6 Å². The number of ether oxygens (including phenoxy) is 2. The molecule has 0 aromatic heterocycles. The van der Waals surface area contributed by atoms with Crippen molar-refractivity contribution < 1.29 is 14.3 Å². The third-order valence-electron chi connectivity index (χ3n) is 4.39. The molecule has 2 aliphatic heterocycles. The van der Waals surface area contributed by atoms with Crippen molar-refractivity contribution in [1.29, 1.82) is 0 Å². The lowest BCUT2D eigenvalue weighted by molar-refractivity contribution is -0.129. The van der Waals surface area contributed by atoms with Gasteiger partial charge in [-0.1, -0.05) is 12.6 Å². The molecule has 4 nitrogen and oxygen atoms in total. The number of likely N-dealkylation sites (tertiary alicyclic amines) is 1. The first-order valence-electron chi connectivity index (χ1n) is 7.74. The summed E-state index contributed by atoms with van der Waals surface area (Å²) in [4.78, 5) is 13.3. The van der Waals surface area contributed by atoms with E-state index in [2.05, 4.69) is 12.3 Å². The van der Waals surface area contributed by atoms with Crippen LogP contribution in [0, 0.1) is 5.92 Å². The number of carbonyl (C=O) groups excluding carboxylic acids is 1. The maximum absolute atomic E-state index is 11.4. The van der Waals surface area contributed by atoms with E-state index in [0.29, 0.717) is 19.1 Å². The molecule has 1 amide bonds. The lowest BCUT2D eigenvalue weighted by Crippen LogP contribution is -2.37. The number of benzene rings is 1. The molecule has 0 spiro atoms. The van der Waals surface area contributed by atoms with Gasteiger partial charge in [-0.15, -0.1) is 5.73 Å². The van der Waals surface area contributed by atoms with Gasteiger partial charge in [0.1, 0.15) is 13.2 Å². The van der Waals surface area contributed by atoms with Crippen molar-refractivity contribution in [3.63, 3.8) is 0 Å². The maximum atomic E-state index is 11.4. The molecule has 0 bridgehead atoms. The number of amides is 1. The van der Waals surface area contributed by atoms with Crippen LogP contribution in [0.1, 0.15) is 25.3 Å². The summed E-state index contributed by atoms with van der Waals surface area (Å²) in [5, 5.41) is 0. The van der Waals surface area contributed by atoms with Crippen LogP contribution < -0.4 is 9.47 Å². The molecular weight excluding hydrogens is 278 g/mol. The minimum absolute atomic E-state index is 0.155. The lowest BCUT2D eigenvalue weighted by atomic mass is 9.85. The van der Waals surface area contributed by atoms with E-state index in [9.17, 15) is 4.79 Å². The van der Waals surface area contributed by atoms with E-state index < -0.39 is 0 Å². The van der Waals surface area contributed by atoms with Crippen LogP contribution in [0.4, 0.5) is 0 Å². The largest absolute Gasteiger partial charge is 0.486 e. The quantitative estimate of drug-likeness (QED) is 0.788. The molecule has 1 aromatic rings. The van der Waals surface area contributed by atoms with E-state index in [1.165, 1.54) is 0 Å². The normalized spacial score (nSPS) is 17.8. The Morgan fingerprint density at radius 2 is 1.91 bits per heavy atom. The molecule has 2 aliphatic rings. The Bertz CT molecular complexity index is 623. The van der Waals surface area contributed by atoms with E-state index in [1.807, 2.05) is 23.1 Å². The average Bonchev–Trinajstić information content (AvgIpc) is 2.56. The lowest BCUT2D eigenvalue weighted by Gasteiger charge is -2.32. The predicted octanol–water partition coefficient (Wildman–Crippen LogP) is 2.88. The number of piperidine rings is 1. The van der Waals surface area contributed by atoms with E-state index in [0.717, 1.165) is 48.6 Å². The first-order chi connectivity index (χ1) is 10.7. The van der Waals surface area contributed by atoms with Gasteiger partial charge in [-0.25, -0.2) is 0 Å². The molecule has 0 N–H and O–H groups in total. The predicted molar refractivity (Wildman–Crippen MR) is 85.0 cm³/mol. The average molecular weight is 299 g/mol. The standard InChI is InChI=1S/C18H21NO3/c1-3-16(14-6-8-19(9-7-14)13(2)20)15-4-5-17-18(12-15)22-11-10-21-17/h4-5,12,14H,1,6-11H2,2H3. The molecule has 116 valence electrons. The van der Waals surface area contributed by atoms with Crippen LogP contribution in [0.15, 0.2) is 30.5 Å². The van der Waals surface area contributed by atoms with Crippen molar-refractivity contribution in [2.24, 2.45) is 5.92 Å². The number of allylic oxidation sites excluding steroid dienone is 1. The van der Waals surface area contributed by atoms with E-state index in [1.54, 1.807) is 6.92 Å². The highest BCUT2D eigenvalue weighted by Crippen LogP contribution is 2.37. The second-order valence-electron chi connectivity index (χ2n) is 5.73. The van der Waals surface area contributed by atoms with Crippen molar-refractivity contribution in [3.05, 3.63) is 36.1 Å². The summed E-state index contributed by atoms with van der Waals surface area (Å²) in [5.74, 6) is 2.13. The van der Waals surface area contributed by atoms with E-state index >= 15 is 0 Å². The van der Waals surface area contributed by atoms with Crippen molar-refractivity contribution in [1.82, 2.24) is 4.90 Å². The highest BCUT2D eigenvalue weighted by molar-refractivity contribution is 5.74. The Kier molecular flexibility index (Phi) is 4.21. The van der Waals surface area contributed by atoms with Gasteiger partial charge in [0.05, 0.1) is 0 Å². The summed E-state index contributed by atoms with van der Waals surface area (Å²) in [5.41, 5.74) is 5.30. The van der Waals surface area contributed by atoms with Crippen molar-refractivity contribution >= 4 is 11.5 Å². The Balaban J connectivity index is 1.78. The third-order valence-corrected chi connectivity index (χ3v) is 4.39. The highest BCUT2D eigenvalue weighted by atomic mass is 16.6. The minimum atomic E-state index is 0.155. The summed E-state index contributed by atoms with van der Waals surface area (Å²) >= 11 is 0. The zero-order chi connectivity index (χ0) is 15.5. The highest BCUT2D eigenvalue weighted by Gasteiger charge is 2.25. The topological polar surface area (TPSA) is 38.8 Å². The Labute approximate surface area is 131 Å². The molecular formula is C18H21NO3. The summed E-state index contributed by atoms with van der Waals surface area (Å²) < 4.78 is 11.2. The first kappa shape index (κ1) is 14.7. The number of hydrogen-bond acceptors (Lipinski definition) is 3. The fourth-order valence-corrected chi connectivity index (χ4v) is 3.18. The van der Waals surface area contributed by atoms with Gasteiger partial charge >= 0.3 is 0 Å². The van der Waals surface area contributed by atoms with Crippen LogP contribution in [0.2, 0.25) is 0 Å². The third kappa shape index (κ3) is 2.88. The van der Waals surface area contributed by atoms with Gasteiger partial charge in [0.25, 0.3) is 0 Å². The van der Waals surface area contributed by atoms with E-state index in [-0.39, 0.29) is 5.91 Å². The van der Waals surface area contributed by atoms with Crippen LogP contribution in [0.25, 0.3) is 5.57 Å². The van der Waals surface area contributed by atoms with Gasteiger partial charge in [0.15, 0.2) is 11.5 Å². The first-order valence-corrected chi connectivity index (χ1v) is 7.74. The fourth-order valence-electron chi connectivity index (χ4n) is 3.18. The zero-order valence-electron chi connectivity index (χ0n) is 12.9. The van der Waals surface area contributed by atoms with Crippen molar-refractivity contribution in [2.45, 2.75) is 19.8 Å². The summed E-state index contributed by atoms with van der Waals surface area (Å²) in [7, 11) is 0. The summed E-state index contributed by atoms with van der Waals surface area (Å²) in [6.07, 6.45) is 1.90. The zero-order valence-corrected chi connectivity index (χ0v) is 12.9. The fraction of sp³-hybridized carbons (Fsp3) is 0.444. The molecule has 4 heteroatoms. The minimum Gasteiger partial charge on any atom is -0.486 e. The van der Waals surface area contributed by atoms with Gasteiger partial charge < -0.3 is 14.4 Å². The molecule has 1 saturated heterocycles. The van der Waals surface area contributed by atoms with Gasteiger partial charge in [-0.05, 0) is 36.5 Å². The molecule has 0 atom stereocenters. The number of hydrogen-bond donors (Lipinski definition) is 0. The number of fused-ring (bicyclic) bond motifs is 1. The van der Waals surface area contributed by atoms with Crippen LogP contribution in [-0.4, -0.2) is 37.1 Å². The molecule has 1 aromatic carbocycles. The van der Waals surface area contributed by atoms with E-state index in [4.69, 9.17) is 9.47 Å². The second kappa shape index (κ2) is 6.29. The molecule has 0 saturated carbocycles. The molecule has 2 heterocycles. The SMILES string of the molecule is C=C=C(c1ccc2c(c1)OCCO2)C1CCN(C(C)=O)CC1. The summed E-state index contributed by atoms with van der Waals surface area (Å²) in [6.45, 7) is 8.28. The summed E-state index contributed by atoms with van der Waals surface area (Å²) in [6, 6.07) is 6.00. The Morgan fingerprint density at radius 3 is 2.55 bits per heavy atom. The van der Waals surface area contributed by atoms with Crippen molar-refractivity contribution in [2.75, 3.05) is 26.3 Å². The second-order valence-corrected chi connectivity index (χ2v) is 5.73.